The number of rotatable bonds is 9. The van der Waals surface area contributed by atoms with Crippen molar-refractivity contribution in [2.45, 2.75) is 27.2 Å². The third-order valence-electron chi connectivity index (χ3n) is 5.12. The summed E-state index contributed by atoms with van der Waals surface area (Å²) in [4.78, 5) is 48.6. The summed E-state index contributed by atoms with van der Waals surface area (Å²) in [7, 11) is 0. The van der Waals surface area contributed by atoms with Crippen molar-refractivity contribution in [3.8, 4) is 22.6 Å². The summed E-state index contributed by atoms with van der Waals surface area (Å²) < 4.78 is 21.3. The summed E-state index contributed by atoms with van der Waals surface area (Å²) in [5, 5.41) is 0.363. The monoisotopic (exact) mass is 502 g/mol. The van der Waals surface area contributed by atoms with Gasteiger partial charge in [-0.15, -0.1) is 0 Å². The average Bonchev–Trinajstić information content (AvgIpc) is 2.84. The molecular formula is C29H26O8. The van der Waals surface area contributed by atoms with E-state index in [1.165, 1.54) is 26.0 Å². The molecule has 0 saturated carbocycles. The molecule has 2 aromatic carbocycles. The molecule has 3 aromatic rings. The molecule has 0 atom stereocenters. The number of benzene rings is 2. The minimum atomic E-state index is -0.735. The minimum absolute atomic E-state index is 0.00872. The third-order valence-corrected chi connectivity index (χ3v) is 5.12. The molecule has 190 valence electrons. The minimum Gasteiger partial charge on any atom is -0.462 e. The fourth-order valence-corrected chi connectivity index (χ4v) is 3.13. The Labute approximate surface area is 213 Å². The van der Waals surface area contributed by atoms with E-state index in [0.717, 1.165) is 5.56 Å². The van der Waals surface area contributed by atoms with Gasteiger partial charge < -0.3 is 18.6 Å². The lowest BCUT2D eigenvalue weighted by Gasteiger charge is -2.11. The summed E-state index contributed by atoms with van der Waals surface area (Å²) in [5.41, 5.74) is 1.70. The molecule has 8 nitrogen and oxygen atoms in total. The van der Waals surface area contributed by atoms with Crippen molar-refractivity contribution in [1.29, 1.82) is 0 Å². The van der Waals surface area contributed by atoms with Crippen molar-refractivity contribution in [2.75, 3.05) is 6.61 Å². The Morgan fingerprint density at radius 2 is 1.41 bits per heavy atom. The predicted molar refractivity (Wildman–Crippen MR) is 138 cm³/mol. The van der Waals surface area contributed by atoms with Crippen LogP contribution < -0.4 is 15.1 Å². The van der Waals surface area contributed by atoms with E-state index < -0.39 is 23.5 Å². The molecule has 1 heterocycles. The summed E-state index contributed by atoms with van der Waals surface area (Å²) in [5.74, 6) is -1.88. The number of carbonyl (C=O) groups excluding carboxylic acids is 3. The third kappa shape index (κ3) is 6.70. The van der Waals surface area contributed by atoms with E-state index in [1.54, 1.807) is 37.3 Å². The summed E-state index contributed by atoms with van der Waals surface area (Å²) in [6.07, 6.45) is 0.487. The second-order valence-corrected chi connectivity index (χ2v) is 8.49. The first-order valence-corrected chi connectivity index (χ1v) is 11.3. The van der Waals surface area contributed by atoms with Crippen LogP contribution in [0.5, 0.6) is 11.5 Å². The largest absolute Gasteiger partial charge is 0.462 e. The van der Waals surface area contributed by atoms with Crippen LogP contribution in [-0.2, 0) is 25.5 Å². The highest BCUT2D eigenvalue weighted by atomic mass is 16.6. The number of hydrogen-bond acceptors (Lipinski definition) is 8. The Balaban J connectivity index is 1.97. The van der Waals surface area contributed by atoms with E-state index >= 15 is 0 Å². The standard InChI is InChI=1S/C29H26O8/c1-16(2)26(30)34-12-11-19-7-9-20(10-8-19)23-14-21-13-22(35-27(31)17(3)4)15-24(25(21)37-29(23)33)36-28(32)18(5)6/h7-10,13-15H,1,3,5,11-12H2,2,4,6H3. The van der Waals surface area contributed by atoms with Gasteiger partial charge in [-0.25, -0.2) is 19.2 Å². The van der Waals surface area contributed by atoms with Crippen LogP contribution in [0.25, 0.3) is 22.1 Å². The molecule has 0 bridgehead atoms. The van der Waals surface area contributed by atoms with Gasteiger partial charge in [0.25, 0.3) is 0 Å². The van der Waals surface area contributed by atoms with Crippen LogP contribution in [0.3, 0.4) is 0 Å². The van der Waals surface area contributed by atoms with E-state index in [4.69, 9.17) is 18.6 Å². The highest BCUT2D eigenvalue weighted by Gasteiger charge is 2.18. The van der Waals surface area contributed by atoms with Crippen LogP contribution in [0.2, 0.25) is 0 Å². The first kappa shape index (κ1) is 26.9. The summed E-state index contributed by atoms with van der Waals surface area (Å²) >= 11 is 0. The highest BCUT2D eigenvalue weighted by Crippen LogP contribution is 2.33. The number of hydrogen-bond donors (Lipinski definition) is 0. The maximum absolute atomic E-state index is 12.9. The Morgan fingerprint density at radius 3 is 2.00 bits per heavy atom. The lowest BCUT2D eigenvalue weighted by Crippen LogP contribution is -2.11. The van der Waals surface area contributed by atoms with E-state index in [1.807, 2.05) is 0 Å². The number of carbonyl (C=O) groups is 3. The van der Waals surface area contributed by atoms with Gasteiger partial charge in [-0.2, -0.15) is 0 Å². The zero-order chi connectivity index (χ0) is 27.3. The van der Waals surface area contributed by atoms with Crippen molar-refractivity contribution in [1.82, 2.24) is 0 Å². The molecule has 0 unspecified atom stereocenters. The maximum atomic E-state index is 12.9. The molecule has 8 heteroatoms. The van der Waals surface area contributed by atoms with Crippen molar-refractivity contribution in [2.24, 2.45) is 0 Å². The molecule has 0 aliphatic carbocycles. The maximum Gasteiger partial charge on any atom is 0.344 e. The van der Waals surface area contributed by atoms with Gasteiger partial charge in [0.15, 0.2) is 11.3 Å². The van der Waals surface area contributed by atoms with Crippen LogP contribution >= 0.6 is 0 Å². The average molecular weight is 503 g/mol. The van der Waals surface area contributed by atoms with Crippen molar-refractivity contribution in [3.63, 3.8) is 0 Å². The molecule has 0 spiro atoms. The van der Waals surface area contributed by atoms with Gasteiger partial charge in [0, 0.05) is 34.6 Å². The van der Waals surface area contributed by atoms with Crippen LogP contribution in [0.1, 0.15) is 26.3 Å². The van der Waals surface area contributed by atoms with E-state index in [2.05, 4.69) is 19.7 Å². The van der Waals surface area contributed by atoms with Gasteiger partial charge in [-0.05, 0) is 44.0 Å². The first-order chi connectivity index (χ1) is 17.5. The Bertz CT molecular complexity index is 1490. The normalized spacial score (nSPS) is 10.5. The highest BCUT2D eigenvalue weighted by molar-refractivity contribution is 5.95. The zero-order valence-corrected chi connectivity index (χ0v) is 20.8. The fourth-order valence-electron chi connectivity index (χ4n) is 3.13. The predicted octanol–water partition coefficient (Wildman–Crippen LogP) is 5.08. The van der Waals surface area contributed by atoms with Crippen LogP contribution in [0.15, 0.2) is 88.1 Å². The lowest BCUT2D eigenvalue weighted by molar-refractivity contribution is -0.139. The molecule has 0 radical (unpaired) electrons. The molecule has 1 aromatic heterocycles. The molecule has 0 fully saturated rings. The molecule has 0 N–H and O–H groups in total. The second kappa shape index (κ2) is 11.3. The molecule has 0 aliphatic rings. The Kier molecular flexibility index (Phi) is 8.24. The number of ether oxygens (including phenoxy) is 3. The molecule has 3 rings (SSSR count). The van der Waals surface area contributed by atoms with Crippen LogP contribution in [-0.4, -0.2) is 24.5 Å². The van der Waals surface area contributed by atoms with Gasteiger partial charge in [-0.1, -0.05) is 44.0 Å². The number of esters is 3. The van der Waals surface area contributed by atoms with E-state index in [0.29, 0.717) is 22.9 Å². The van der Waals surface area contributed by atoms with Gasteiger partial charge >= 0.3 is 23.5 Å². The quantitative estimate of drug-likeness (QED) is 0.172. The number of fused-ring (bicyclic) bond motifs is 1. The molecular weight excluding hydrogens is 476 g/mol. The Morgan fingerprint density at radius 1 is 0.811 bits per heavy atom. The van der Waals surface area contributed by atoms with E-state index in [9.17, 15) is 19.2 Å². The molecule has 0 amide bonds. The van der Waals surface area contributed by atoms with Crippen LogP contribution in [0.4, 0.5) is 0 Å². The smallest absolute Gasteiger partial charge is 0.344 e. The summed E-state index contributed by atoms with van der Waals surface area (Å²) in [6.45, 7) is 15.4. The SMILES string of the molecule is C=C(C)C(=O)OCCc1ccc(-c2cc3cc(OC(=O)C(=C)C)cc(OC(=O)C(=C)C)c3oc2=O)cc1. The summed E-state index contributed by atoms with van der Waals surface area (Å²) in [6, 6.07) is 11.4. The van der Waals surface area contributed by atoms with Gasteiger partial charge in [0.2, 0.25) is 0 Å². The van der Waals surface area contributed by atoms with Gasteiger partial charge in [-0.3, -0.25) is 0 Å². The zero-order valence-electron chi connectivity index (χ0n) is 20.8. The molecule has 0 saturated heterocycles. The second-order valence-electron chi connectivity index (χ2n) is 8.49. The van der Waals surface area contributed by atoms with Gasteiger partial charge in [0.05, 0.1) is 12.2 Å². The van der Waals surface area contributed by atoms with Gasteiger partial charge in [0.1, 0.15) is 5.75 Å². The topological polar surface area (TPSA) is 109 Å². The molecule has 37 heavy (non-hydrogen) atoms. The van der Waals surface area contributed by atoms with E-state index in [-0.39, 0.29) is 40.4 Å². The lowest BCUT2D eigenvalue weighted by atomic mass is 10.0. The van der Waals surface area contributed by atoms with Crippen molar-refractivity contribution < 1.29 is 33.0 Å². The first-order valence-electron chi connectivity index (χ1n) is 11.3. The van der Waals surface area contributed by atoms with Crippen LogP contribution in [0, 0.1) is 0 Å². The Hall–Kier alpha value is -4.72. The van der Waals surface area contributed by atoms with Crippen molar-refractivity contribution >= 4 is 28.9 Å². The fraction of sp³-hybridized carbons (Fsp3) is 0.172. The van der Waals surface area contributed by atoms with Crippen molar-refractivity contribution in [3.05, 3.63) is 94.9 Å². The molecule has 0 aliphatic heterocycles.